The molecule has 1 aromatic heterocycles. The molecular formula is C16H20ClN3O3. The van der Waals surface area contributed by atoms with Crippen molar-refractivity contribution in [3.8, 4) is 11.4 Å². The van der Waals surface area contributed by atoms with Crippen molar-refractivity contribution >= 4 is 17.7 Å². The maximum Gasteiger partial charge on any atom is 0.413 e. The minimum absolute atomic E-state index is 0.169. The molecule has 2 rings (SSSR count). The Labute approximate surface area is 139 Å². The Morgan fingerprint density at radius 2 is 1.96 bits per heavy atom. The van der Waals surface area contributed by atoms with Gasteiger partial charge in [-0.15, -0.1) is 0 Å². The van der Waals surface area contributed by atoms with E-state index < -0.39 is 11.6 Å². The third kappa shape index (κ3) is 3.96. The molecule has 1 aromatic carbocycles. The molecule has 124 valence electrons. The molecule has 0 aliphatic heterocycles. The van der Waals surface area contributed by atoms with Crippen molar-refractivity contribution in [2.75, 3.05) is 0 Å². The lowest BCUT2D eigenvalue weighted by Gasteiger charge is -2.20. The van der Waals surface area contributed by atoms with Crippen molar-refractivity contribution in [3.05, 3.63) is 45.6 Å². The standard InChI is InChI=1S/C16H20ClN3O3/c1-10-9-20(15(22)19(10)5)11-6-7-13(12(17)8-11)23-14(21)18-16(2,3)4/h6-9H,1-5H3,(H,18,21). The molecular weight excluding hydrogens is 318 g/mol. The zero-order chi connectivity index (χ0) is 17.4. The van der Waals surface area contributed by atoms with E-state index in [0.29, 0.717) is 5.69 Å². The van der Waals surface area contributed by atoms with E-state index in [1.165, 1.54) is 9.13 Å². The predicted octanol–water partition coefficient (Wildman–Crippen LogP) is 3.02. The van der Waals surface area contributed by atoms with E-state index in [2.05, 4.69) is 5.32 Å². The fraction of sp³-hybridized carbons (Fsp3) is 0.375. The third-order valence-electron chi connectivity index (χ3n) is 3.21. The summed E-state index contributed by atoms with van der Waals surface area (Å²) in [5.41, 5.74) is 0.860. The van der Waals surface area contributed by atoms with Gasteiger partial charge in [0, 0.05) is 24.5 Å². The molecule has 23 heavy (non-hydrogen) atoms. The number of ether oxygens (including phenoxy) is 1. The smallest absolute Gasteiger partial charge is 0.409 e. The molecule has 1 N–H and O–H groups in total. The number of nitrogens with zero attached hydrogens (tertiary/aromatic N) is 2. The van der Waals surface area contributed by atoms with Gasteiger partial charge >= 0.3 is 11.8 Å². The van der Waals surface area contributed by atoms with Crippen LogP contribution in [0.5, 0.6) is 5.75 Å². The second-order valence-electron chi connectivity index (χ2n) is 6.36. The first-order chi connectivity index (χ1) is 10.6. The van der Waals surface area contributed by atoms with Gasteiger partial charge in [-0.25, -0.2) is 9.59 Å². The van der Waals surface area contributed by atoms with Crippen LogP contribution in [0.15, 0.2) is 29.2 Å². The topological polar surface area (TPSA) is 65.3 Å². The zero-order valence-corrected chi connectivity index (χ0v) is 14.6. The number of nitrogens with one attached hydrogen (secondary N) is 1. The molecule has 0 saturated heterocycles. The number of hydrogen-bond acceptors (Lipinski definition) is 3. The number of aromatic nitrogens is 2. The Bertz CT molecular complexity index is 800. The molecule has 0 aliphatic rings. The number of halogens is 1. The number of rotatable bonds is 2. The van der Waals surface area contributed by atoms with Crippen molar-refractivity contribution in [3.63, 3.8) is 0 Å². The number of aryl methyl sites for hydroxylation is 1. The molecule has 2 aromatic rings. The van der Waals surface area contributed by atoms with Gasteiger partial charge in [0.2, 0.25) is 0 Å². The van der Waals surface area contributed by atoms with Gasteiger partial charge in [-0.2, -0.15) is 0 Å². The zero-order valence-electron chi connectivity index (χ0n) is 13.8. The molecule has 1 amide bonds. The summed E-state index contributed by atoms with van der Waals surface area (Å²) in [7, 11) is 1.70. The average Bonchev–Trinajstić information content (AvgIpc) is 2.67. The van der Waals surface area contributed by atoms with E-state index in [1.54, 1.807) is 31.4 Å². The highest BCUT2D eigenvalue weighted by atomic mass is 35.5. The monoisotopic (exact) mass is 337 g/mol. The number of carbonyl (C=O) groups excluding carboxylic acids is 1. The van der Waals surface area contributed by atoms with Crippen molar-refractivity contribution in [1.82, 2.24) is 14.5 Å². The summed E-state index contributed by atoms with van der Waals surface area (Å²) >= 11 is 6.17. The van der Waals surface area contributed by atoms with Crippen molar-refractivity contribution < 1.29 is 9.53 Å². The van der Waals surface area contributed by atoms with E-state index in [1.807, 2.05) is 27.7 Å². The highest BCUT2D eigenvalue weighted by Gasteiger charge is 2.17. The third-order valence-corrected chi connectivity index (χ3v) is 3.51. The van der Waals surface area contributed by atoms with Crippen molar-refractivity contribution in [2.45, 2.75) is 33.2 Å². The molecule has 7 heteroatoms. The van der Waals surface area contributed by atoms with Crippen LogP contribution in [0.3, 0.4) is 0 Å². The molecule has 0 atom stereocenters. The lowest BCUT2D eigenvalue weighted by Crippen LogP contribution is -2.42. The van der Waals surface area contributed by atoms with E-state index in [-0.39, 0.29) is 16.5 Å². The van der Waals surface area contributed by atoms with E-state index in [9.17, 15) is 9.59 Å². The Hall–Kier alpha value is -2.21. The molecule has 0 saturated carbocycles. The van der Waals surface area contributed by atoms with Crippen LogP contribution in [0.25, 0.3) is 5.69 Å². The first kappa shape index (κ1) is 17.1. The first-order valence-corrected chi connectivity index (χ1v) is 7.51. The summed E-state index contributed by atoms with van der Waals surface area (Å²) < 4.78 is 8.22. The van der Waals surface area contributed by atoms with Crippen LogP contribution < -0.4 is 15.7 Å². The number of imidazole rings is 1. The second kappa shape index (κ2) is 6.12. The van der Waals surface area contributed by atoms with Crippen LogP contribution in [0.4, 0.5) is 4.79 Å². The van der Waals surface area contributed by atoms with Gasteiger partial charge in [-0.1, -0.05) is 11.6 Å². The number of hydrogen-bond donors (Lipinski definition) is 1. The molecule has 0 fully saturated rings. The Balaban J connectivity index is 2.26. The summed E-state index contributed by atoms with van der Waals surface area (Å²) in [5.74, 6) is 0.234. The van der Waals surface area contributed by atoms with Gasteiger partial charge in [-0.05, 0) is 45.9 Å². The fourth-order valence-electron chi connectivity index (χ4n) is 1.98. The normalized spacial score (nSPS) is 11.4. The van der Waals surface area contributed by atoms with Gasteiger partial charge in [-0.3, -0.25) is 9.13 Å². The second-order valence-corrected chi connectivity index (χ2v) is 6.77. The van der Waals surface area contributed by atoms with Gasteiger partial charge in [0.15, 0.2) is 5.75 Å². The Morgan fingerprint density at radius 1 is 1.30 bits per heavy atom. The number of benzene rings is 1. The summed E-state index contributed by atoms with van der Waals surface area (Å²) in [6, 6.07) is 4.82. The number of carbonyl (C=O) groups is 1. The largest absolute Gasteiger partial charge is 0.413 e. The highest BCUT2D eigenvalue weighted by molar-refractivity contribution is 6.32. The lowest BCUT2D eigenvalue weighted by atomic mass is 10.1. The minimum atomic E-state index is -0.583. The maximum atomic E-state index is 12.1. The molecule has 0 unspecified atom stereocenters. The quantitative estimate of drug-likeness (QED) is 0.916. The van der Waals surface area contributed by atoms with Crippen molar-refractivity contribution in [1.29, 1.82) is 0 Å². The average molecular weight is 338 g/mol. The fourth-order valence-corrected chi connectivity index (χ4v) is 2.19. The molecule has 0 spiro atoms. The summed E-state index contributed by atoms with van der Waals surface area (Å²) in [6.07, 6.45) is 1.14. The van der Waals surface area contributed by atoms with Gasteiger partial charge in [0.05, 0.1) is 10.7 Å². The Kier molecular flexibility index (Phi) is 4.56. The highest BCUT2D eigenvalue weighted by Crippen LogP contribution is 2.27. The molecule has 0 bridgehead atoms. The van der Waals surface area contributed by atoms with E-state index in [4.69, 9.17) is 16.3 Å². The van der Waals surface area contributed by atoms with E-state index >= 15 is 0 Å². The summed E-state index contributed by atoms with van der Waals surface area (Å²) in [5, 5.41) is 2.93. The lowest BCUT2D eigenvalue weighted by molar-refractivity contribution is 0.190. The summed E-state index contributed by atoms with van der Waals surface area (Å²) in [4.78, 5) is 23.9. The molecule has 1 heterocycles. The molecule has 6 nitrogen and oxygen atoms in total. The van der Waals surface area contributed by atoms with Gasteiger partial charge in [0.1, 0.15) is 0 Å². The Morgan fingerprint density at radius 3 is 2.43 bits per heavy atom. The van der Waals surface area contributed by atoms with Crippen LogP contribution in [-0.4, -0.2) is 20.8 Å². The van der Waals surface area contributed by atoms with E-state index in [0.717, 1.165) is 5.69 Å². The van der Waals surface area contributed by atoms with Crippen LogP contribution in [0.2, 0.25) is 5.02 Å². The van der Waals surface area contributed by atoms with Crippen LogP contribution in [0, 0.1) is 6.92 Å². The minimum Gasteiger partial charge on any atom is -0.409 e. The predicted molar refractivity (Wildman–Crippen MR) is 89.7 cm³/mol. The maximum absolute atomic E-state index is 12.1. The summed E-state index contributed by atoms with van der Waals surface area (Å²) in [6.45, 7) is 7.39. The molecule has 0 radical (unpaired) electrons. The molecule has 0 aliphatic carbocycles. The van der Waals surface area contributed by atoms with Crippen LogP contribution >= 0.6 is 11.6 Å². The van der Waals surface area contributed by atoms with Gasteiger partial charge < -0.3 is 10.1 Å². The van der Waals surface area contributed by atoms with Crippen LogP contribution in [-0.2, 0) is 7.05 Å². The van der Waals surface area contributed by atoms with Gasteiger partial charge in [0.25, 0.3) is 0 Å². The number of amides is 1. The van der Waals surface area contributed by atoms with Crippen molar-refractivity contribution in [2.24, 2.45) is 7.05 Å². The SMILES string of the molecule is Cc1cn(-c2ccc(OC(=O)NC(C)(C)C)c(Cl)c2)c(=O)n1C. The van der Waals surface area contributed by atoms with Crippen LogP contribution in [0.1, 0.15) is 26.5 Å². The first-order valence-electron chi connectivity index (χ1n) is 7.13.